The first-order valence-electron chi connectivity index (χ1n) is 6.91. The van der Waals surface area contributed by atoms with Crippen LogP contribution in [-0.4, -0.2) is 11.2 Å². The molecule has 0 aromatic carbocycles. The van der Waals surface area contributed by atoms with E-state index in [1.807, 2.05) is 6.08 Å². The lowest BCUT2D eigenvalue weighted by Gasteiger charge is -2.31. The molecular weight excluding hydrogens is 208 g/mol. The van der Waals surface area contributed by atoms with Gasteiger partial charge in [0.1, 0.15) is 0 Å². The highest BCUT2D eigenvalue weighted by Gasteiger charge is 2.28. The Morgan fingerprint density at radius 2 is 2.00 bits per heavy atom. The second kappa shape index (κ2) is 8.52. The zero-order chi connectivity index (χ0) is 13.3. The van der Waals surface area contributed by atoms with E-state index < -0.39 is 0 Å². The quantitative estimate of drug-likeness (QED) is 0.449. The second-order valence-corrected chi connectivity index (χ2v) is 5.54. The van der Waals surface area contributed by atoms with Crippen LogP contribution in [0.15, 0.2) is 24.3 Å². The standard InChI is InChI=1S/C16H30O/c1-6-8-9-12-15(17)16(5,7-2)13-10-11-14(3)4/h7,11,15,17H,2,6,8-10,12-13H2,1,3-5H3/t15-,16-/m0/s1. The fourth-order valence-electron chi connectivity index (χ4n) is 1.99. The van der Waals surface area contributed by atoms with Crippen LogP contribution in [-0.2, 0) is 0 Å². The lowest BCUT2D eigenvalue weighted by Crippen LogP contribution is -2.30. The van der Waals surface area contributed by atoms with Gasteiger partial charge >= 0.3 is 0 Å². The van der Waals surface area contributed by atoms with Gasteiger partial charge in [0.15, 0.2) is 0 Å². The highest BCUT2D eigenvalue weighted by atomic mass is 16.3. The molecule has 0 aromatic heterocycles. The van der Waals surface area contributed by atoms with Gasteiger partial charge < -0.3 is 5.11 Å². The number of allylic oxidation sites excluding steroid dienone is 2. The summed E-state index contributed by atoms with van der Waals surface area (Å²) in [5.74, 6) is 0. The van der Waals surface area contributed by atoms with Crippen LogP contribution in [0.4, 0.5) is 0 Å². The van der Waals surface area contributed by atoms with Gasteiger partial charge in [0, 0.05) is 5.41 Å². The van der Waals surface area contributed by atoms with E-state index in [0.717, 1.165) is 25.7 Å². The predicted octanol–water partition coefficient (Wildman–Crippen LogP) is 4.87. The van der Waals surface area contributed by atoms with Crippen molar-refractivity contribution in [3.8, 4) is 0 Å². The lowest BCUT2D eigenvalue weighted by molar-refractivity contribution is 0.0554. The van der Waals surface area contributed by atoms with Gasteiger partial charge in [-0.05, 0) is 33.1 Å². The van der Waals surface area contributed by atoms with E-state index in [2.05, 4.69) is 40.3 Å². The van der Waals surface area contributed by atoms with Crippen LogP contribution in [0.5, 0.6) is 0 Å². The normalized spacial score (nSPS) is 16.1. The molecule has 100 valence electrons. The van der Waals surface area contributed by atoms with Crippen molar-refractivity contribution in [3.63, 3.8) is 0 Å². The summed E-state index contributed by atoms with van der Waals surface area (Å²) in [5.41, 5.74) is 1.21. The Morgan fingerprint density at radius 1 is 1.35 bits per heavy atom. The molecule has 2 atom stereocenters. The summed E-state index contributed by atoms with van der Waals surface area (Å²) in [6, 6.07) is 0. The van der Waals surface area contributed by atoms with E-state index in [9.17, 15) is 5.11 Å². The van der Waals surface area contributed by atoms with E-state index in [1.165, 1.54) is 18.4 Å². The average molecular weight is 238 g/mol. The molecule has 0 rings (SSSR count). The number of hydrogen-bond acceptors (Lipinski definition) is 1. The number of aliphatic hydroxyl groups excluding tert-OH is 1. The minimum absolute atomic E-state index is 0.139. The predicted molar refractivity (Wildman–Crippen MR) is 77.1 cm³/mol. The SMILES string of the molecule is C=C[C@@](C)(CCC=C(C)C)[C@@H](O)CCCCC. The Balaban J connectivity index is 4.23. The van der Waals surface area contributed by atoms with Crippen molar-refractivity contribution in [1.82, 2.24) is 0 Å². The van der Waals surface area contributed by atoms with Gasteiger partial charge in [0.25, 0.3) is 0 Å². The van der Waals surface area contributed by atoms with Crippen molar-refractivity contribution in [2.24, 2.45) is 5.41 Å². The molecule has 1 heteroatoms. The summed E-state index contributed by atoms with van der Waals surface area (Å²) in [4.78, 5) is 0. The van der Waals surface area contributed by atoms with Crippen LogP contribution in [0.1, 0.15) is 66.2 Å². The zero-order valence-electron chi connectivity index (χ0n) is 12.1. The first kappa shape index (κ1) is 16.4. The summed E-state index contributed by atoms with van der Waals surface area (Å²) >= 11 is 0. The third-order valence-electron chi connectivity index (χ3n) is 3.54. The molecule has 0 amide bonds. The van der Waals surface area contributed by atoms with Gasteiger partial charge in [-0.15, -0.1) is 6.58 Å². The average Bonchev–Trinajstić information content (AvgIpc) is 2.28. The fourth-order valence-corrected chi connectivity index (χ4v) is 1.99. The smallest absolute Gasteiger partial charge is 0.0628 e. The first-order chi connectivity index (χ1) is 7.96. The van der Waals surface area contributed by atoms with Gasteiger partial charge in [-0.1, -0.05) is 50.8 Å². The van der Waals surface area contributed by atoms with Crippen molar-refractivity contribution >= 4 is 0 Å². The molecule has 0 saturated carbocycles. The Hall–Kier alpha value is -0.560. The van der Waals surface area contributed by atoms with Gasteiger partial charge in [-0.25, -0.2) is 0 Å². The van der Waals surface area contributed by atoms with Crippen LogP contribution >= 0.6 is 0 Å². The molecule has 0 unspecified atom stereocenters. The van der Waals surface area contributed by atoms with E-state index in [0.29, 0.717) is 0 Å². The van der Waals surface area contributed by atoms with Crippen LogP contribution in [0, 0.1) is 5.41 Å². The number of aliphatic hydroxyl groups is 1. The third-order valence-corrected chi connectivity index (χ3v) is 3.54. The van der Waals surface area contributed by atoms with E-state index in [4.69, 9.17) is 0 Å². The molecule has 0 fully saturated rings. The molecule has 17 heavy (non-hydrogen) atoms. The van der Waals surface area contributed by atoms with Crippen molar-refractivity contribution < 1.29 is 5.11 Å². The number of hydrogen-bond donors (Lipinski definition) is 1. The molecule has 0 aliphatic heterocycles. The molecule has 0 spiro atoms. The molecular formula is C16H30O. The van der Waals surface area contributed by atoms with Crippen molar-refractivity contribution in [2.75, 3.05) is 0 Å². The van der Waals surface area contributed by atoms with Gasteiger partial charge in [0.2, 0.25) is 0 Å². The summed E-state index contributed by atoms with van der Waals surface area (Å²) in [7, 11) is 0. The molecule has 0 saturated heterocycles. The van der Waals surface area contributed by atoms with E-state index >= 15 is 0 Å². The van der Waals surface area contributed by atoms with Crippen LogP contribution in [0.3, 0.4) is 0 Å². The molecule has 0 bridgehead atoms. The monoisotopic (exact) mass is 238 g/mol. The van der Waals surface area contributed by atoms with Crippen LogP contribution in [0.2, 0.25) is 0 Å². The second-order valence-electron chi connectivity index (χ2n) is 5.54. The molecule has 0 aliphatic rings. The minimum atomic E-state index is -0.253. The maximum absolute atomic E-state index is 10.3. The van der Waals surface area contributed by atoms with Crippen molar-refractivity contribution in [3.05, 3.63) is 24.3 Å². The molecule has 1 N–H and O–H groups in total. The lowest BCUT2D eigenvalue weighted by atomic mass is 9.78. The molecule has 0 aliphatic carbocycles. The Labute approximate surface area is 108 Å². The first-order valence-corrected chi connectivity index (χ1v) is 6.91. The number of rotatable bonds is 9. The fraction of sp³-hybridized carbons (Fsp3) is 0.750. The Bertz CT molecular complexity index is 238. The molecule has 0 aromatic rings. The maximum Gasteiger partial charge on any atom is 0.0628 e. The third kappa shape index (κ3) is 6.68. The summed E-state index contributed by atoms with van der Waals surface area (Å²) in [6.07, 6.45) is 10.3. The van der Waals surface area contributed by atoms with Crippen molar-refractivity contribution in [1.29, 1.82) is 0 Å². The highest BCUT2D eigenvalue weighted by Crippen LogP contribution is 2.32. The molecule has 1 nitrogen and oxygen atoms in total. The summed E-state index contributed by atoms with van der Waals surface area (Å²) in [5, 5.41) is 10.3. The maximum atomic E-state index is 10.3. The molecule has 0 radical (unpaired) electrons. The highest BCUT2D eigenvalue weighted by molar-refractivity contribution is 5.00. The Kier molecular flexibility index (Phi) is 8.24. The van der Waals surface area contributed by atoms with Crippen molar-refractivity contribution in [2.45, 2.75) is 72.3 Å². The van der Waals surface area contributed by atoms with E-state index in [-0.39, 0.29) is 11.5 Å². The minimum Gasteiger partial charge on any atom is -0.392 e. The zero-order valence-corrected chi connectivity index (χ0v) is 12.1. The van der Waals surface area contributed by atoms with Gasteiger partial charge in [0.05, 0.1) is 6.10 Å². The van der Waals surface area contributed by atoms with Crippen LogP contribution in [0.25, 0.3) is 0 Å². The van der Waals surface area contributed by atoms with Crippen LogP contribution < -0.4 is 0 Å². The van der Waals surface area contributed by atoms with Gasteiger partial charge in [-0.2, -0.15) is 0 Å². The number of unbranched alkanes of at least 4 members (excludes halogenated alkanes) is 2. The van der Waals surface area contributed by atoms with Gasteiger partial charge in [-0.3, -0.25) is 0 Å². The summed E-state index contributed by atoms with van der Waals surface area (Å²) < 4.78 is 0. The topological polar surface area (TPSA) is 20.2 Å². The summed E-state index contributed by atoms with van der Waals surface area (Å²) in [6.45, 7) is 12.4. The van der Waals surface area contributed by atoms with E-state index in [1.54, 1.807) is 0 Å². The molecule has 0 heterocycles. The Morgan fingerprint density at radius 3 is 2.47 bits per heavy atom. The largest absolute Gasteiger partial charge is 0.392 e.